The van der Waals surface area contributed by atoms with Crippen LogP contribution in [0.5, 0.6) is 0 Å². The van der Waals surface area contributed by atoms with Crippen molar-refractivity contribution in [1.29, 1.82) is 0 Å². The maximum atomic E-state index is 10.6. The van der Waals surface area contributed by atoms with Gasteiger partial charge in [-0.2, -0.15) is 0 Å². The van der Waals surface area contributed by atoms with Crippen LogP contribution < -0.4 is 10.0 Å². The summed E-state index contributed by atoms with van der Waals surface area (Å²) < 4.78 is 2.80. The van der Waals surface area contributed by atoms with Crippen molar-refractivity contribution in [3.05, 3.63) is 0 Å². The normalized spacial score (nSPS) is 27.7. The average Bonchev–Trinajstić information content (AvgIpc) is 1.90. The van der Waals surface area contributed by atoms with E-state index in [0.717, 1.165) is 6.42 Å². The summed E-state index contributed by atoms with van der Waals surface area (Å²) in [5.74, 6) is 0.148. The van der Waals surface area contributed by atoms with Crippen molar-refractivity contribution in [1.82, 2.24) is 10.0 Å². The molecule has 1 rings (SSSR count). The average molecular weight is 146 g/mol. The molecule has 1 heterocycles. The lowest BCUT2D eigenvalue weighted by Gasteiger charge is -2.20. The van der Waals surface area contributed by atoms with E-state index in [1.807, 2.05) is 0 Å². The third kappa shape index (κ3) is 1.87. The summed E-state index contributed by atoms with van der Waals surface area (Å²) in [6.07, 6.45) is 1.52. The summed E-state index contributed by atoms with van der Waals surface area (Å²) in [6.45, 7) is 0.711. The molecule has 1 atom stereocenters. The molecule has 0 aromatic carbocycles. The van der Waals surface area contributed by atoms with E-state index in [-0.39, 0.29) is 5.91 Å². The molecule has 1 fully saturated rings. The lowest BCUT2D eigenvalue weighted by Crippen LogP contribution is -2.42. The molecular formula is C5H10N2OS. The molecule has 0 bridgehead atoms. The molecule has 4 heteroatoms. The summed E-state index contributed by atoms with van der Waals surface area (Å²) in [5.41, 5.74) is 0. The Morgan fingerprint density at radius 3 is 3.00 bits per heavy atom. The van der Waals surface area contributed by atoms with Crippen LogP contribution in [-0.2, 0) is 4.79 Å². The molecule has 1 saturated heterocycles. The number of thiol groups is 1. The van der Waals surface area contributed by atoms with Crippen LogP contribution in [0.4, 0.5) is 0 Å². The van der Waals surface area contributed by atoms with Crippen LogP contribution in [0.25, 0.3) is 0 Å². The minimum absolute atomic E-state index is 0.148. The molecule has 0 radical (unpaired) electrons. The van der Waals surface area contributed by atoms with Gasteiger partial charge in [-0.3, -0.25) is 9.52 Å². The van der Waals surface area contributed by atoms with Gasteiger partial charge in [0.15, 0.2) is 0 Å². The first kappa shape index (κ1) is 6.89. The molecule has 1 aliphatic heterocycles. The molecule has 2 N–H and O–H groups in total. The van der Waals surface area contributed by atoms with Crippen LogP contribution in [0.2, 0.25) is 0 Å². The number of carbonyl (C=O) groups excluding carboxylic acids is 1. The number of rotatable bonds is 1. The van der Waals surface area contributed by atoms with Crippen LogP contribution in [-0.4, -0.2) is 18.5 Å². The molecule has 0 saturated carbocycles. The minimum Gasteiger partial charge on any atom is -0.355 e. The number of amides is 1. The first-order valence-electron chi connectivity index (χ1n) is 2.99. The Hall–Kier alpha value is -0.220. The van der Waals surface area contributed by atoms with Gasteiger partial charge in [-0.05, 0) is 6.42 Å². The Kier molecular flexibility index (Phi) is 2.36. The van der Waals surface area contributed by atoms with Crippen LogP contribution >= 0.6 is 12.8 Å². The number of piperidine rings is 1. The fourth-order valence-electron chi connectivity index (χ4n) is 0.843. The molecule has 3 nitrogen and oxygen atoms in total. The van der Waals surface area contributed by atoms with E-state index in [2.05, 4.69) is 22.9 Å². The third-order valence-corrected chi connectivity index (χ3v) is 1.81. The standard InChI is InChI=1S/C5H10N2OS/c8-5-2-1-4(7-9)3-6-5/h4,7,9H,1-3H2,(H,6,8). The van der Waals surface area contributed by atoms with Crippen molar-refractivity contribution < 1.29 is 4.79 Å². The Balaban J connectivity index is 2.26. The quantitative estimate of drug-likeness (QED) is 0.444. The first-order valence-corrected chi connectivity index (χ1v) is 3.44. The van der Waals surface area contributed by atoms with Crippen molar-refractivity contribution in [3.63, 3.8) is 0 Å². The lowest BCUT2D eigenvalue weighted by atomic mass is 10.1. The molecule has 1 unspecified atom stereocenters. The van der Waals surface area contributed by atoms with E-state index in [9.17, 15) is 4.79 Å². The van der Waals surface area contributed by atoms with Gasteiger partial charge in [0.2, 0.25) is 5.91 Å². The molecule has 0 aliphatic carbocycles. The number of hydrogen-bond donors (Lipinski definition) is 3. The summed E-state index contributed by atoms with van der Waals surface area (Å²) in [6, 6.07) is 0.353. The fourth-order valence-corrected chi connectivity index (χ4v) is 1.06. The highest BCUT2D eigenvalue weighted by molar-refractivity contribution is 7.78. The lowest BCUT2D eigenvalue weighted by molar-refractivity contribution is -0.122. The second-order valence-electron chi connectivity index (χ2n) is 2.17. The molecule has 1 aliphatic rings. The number of carbonyl (C=O) groups is 1. The zero-order valence-corrected chi connectivity index (χ0v) is 5.95. The highest BCUT2D eigenvalue weighted by atomic mass is 32.1. The zero-order chi connectivity index (χ0) is 6.69. The predicted octanol–water partition coefficient (Wildman–Crippen LogP) is -0.301. The summed E-state index contributed by atoms with van der Waals surface area (Å²) >= 11 is 3.89. The molecule has 0 aromatic heterocycles. The third-order valence-electron chi connectivity index (χ3n) is 1.45. The van der Waals surface area contributed by atoms with Crippen molar-refractivity contribution in [2.75, 3.05) is 6.54 Å². The fraction of sp³-hybridized carbons (Fsp3) is 0.800. The largest absolute Gasteiger partial charge is 0.355 e. The number of hydrogen-bond acceptors (Lipinski definition) is 3. The predicted molar refractivity (Wildman–Crippen MR) is 38.2 cm³/mol. The van der Waals surface area contributed by atoms with E-state index < -0.39 is 0 Å². The smallest absolute Gasteiger partial charge is 0.220 e. The van der Waals surface area contributed by atoms with Crippen LogP contribution in [0, 0.1) is 0 Å². The van der Waals surface area contributed by atoms with Crippen LogP contribution in [0.3, 0.4) is 0 Å². The van der Waals surface area contributed by atoms with Gasteiger partial charge in [-0.25, -0.2) is 0 Å². The van der Waals surface area contributed by atoms with Crippen molar-refractivity contribution in [2.24, 2.45) is 0 Å². The van der Waals surface area contributed by atoms with Gasteiger partial charge in [0.1, 0.15) is 0 Å². The Morgan fingerprint density at radius 2 is 2.56 bits per heavy atom. The van der Waals surface area contributed by atoms with E-state index >= 15 is 0 Å². The van der Waals surface area contributed by atoms with E-state index in [1.165, 1.54) is 0 Å². The van der Waals surface area contributed by atoms with E-state index in [1.54, 1.807) is 0 Å². The minimum atomic E-state index is 0.148. The highest BCUT2D eigenvalue weighted by Crippen LogP contribution is 2.02. The monoisotopic (exact) mass is 146 g/mol. The SMILES string of the molecule is O=C1CCC(NS)CN1. The van der Waals surface area contributed by atoms with Gasteiger partial charge in [0, 0.05) is 19.0 Å². The van der Waals surface area contributed by atoms with Gasteiger partial charge in [-0.1, -0.05) is 12.8 Å². The molecule has 9 heavy (non-hydrogen) atoms. The molecule has 52 valence electrons. The first-order chi connectivity index (χ1) is 4.33. The van der Waals surface area contributed by atoms with Crippen LogP contribution in [0.15, 0.2) is 0 Å². The van der Waals surface area contributed by atoms with Crippen LogP contribution in [0.1, 0.15) is 12.8 Å². The summed E-state index contributed by atoms with van der Waals surface area (Å²) in [5, 5.41) is 2.73. The summed E-state index contributed by atoms with van der Waals surface area (Å²) in [4.78, 5) is 10.6. The Bertz CT molecular complexity index is 108. The van der Waals surface area contributed by atoms with Crippen molar-refractivity contribution >= 4 is 18.7 Å². The summed E-state index contributed by atoms with van der Waals surface area (Å²) in [7, 11) is 0. The molecule has 1 amide bonds. The van der Waals surface area contributed by atoms with Gasteiger partial charge >= 0.3 is 0 Å². The second kappa shape index (κ2) is 3.08. The zero-order valence-electron chi connectivity index (χ0n) is 5.05. The van der Waals surface area contributed by atoms with Gasteiger partial charge in [-0.15, -0.1) is 0 Å². The van der Waals surface area contributed by atoms with E-state index in [4.69, 9.17) is 0 Å². The Labute approximate surface area is 59.7 Å². The molecule has 0 aromatic rings. The van der Waals surface area contributed by atoms with Crippen molar-refractivity contribution in [3.8, 4) is 0 Å². The van der Waals surface area contributed by atoms with Gasteiger partial charge in [0.25, 0.3) is 0 Å². The van der Waals surface area contributed by atoms with Gasteiger partial charge < -0.3 is 5.32 Å². The topological polar surface area (TPSA) is 41.1 Å². The second-order valence-corrected chi connectivity index (χ2v) is 2.43. The Morgan fingerprint density at radius 1 is 1.78 bits per heavy atom. The number of nitrogens with one attached hydrogen (secondary N) is 2. The van der Waals surface area contributed by atoms with Crippen molar-refractivity contribution in [2.45, 2.75) is 18.9 Å². The molecular weight excluding hydrogens is 136 g/mol. The highest BCUT2D eigenvalue weighted by Gasteiger charge is 2.15. The molecule has 0 spiro atoms. The maximum Gasteiger partial charge on any atom is 0.220 e. The van der Waals surface area contributed by atoms with E-state index in [0.29, 0.717) is 19.0 Å². The maximum absolute atomic E-state index is 10.6. The van der Waals surface area contributed by atoms with Gasteiger partial charge in [0.05, 0.1) is 0 Å².